The van der Waals surface area contributed by atoms with Crippen molar-refractivity contribution in [1.82, 2.24) is 4.90 Å². The van der Waals surface area contributed by atoms with Crippen LogP contribution in [0, 0.1) is 0 Å². The molecule has 0 rings (SSSR count). The van der Waals surface area contributed by atoms with Gasteiger partial charge in [-0.15, -0.1) is 0 Å². The van der Waals surface area contributed by atoms with Crippen LogP contribution in [0.2, 0.25) is 0 Å². The highest BCUT2D eigenvalue weighted by Gasteiger charge is 1.86. The van der Waals surface area contributed by atoms with Gasteiger partial charge in [-0.1, -0.05) is 7.43 Å². The fourth-order valence-electron chi connectivity index (χ4n) is 0.525. The molecule has 0 aromatic heterocycles. The molecule has 9 heavy (non-hydrogen) atoms. The van der Waals surface area contributed by atoms with Crippen molar-refractivity contribution >= 4 is 0 Å². The van der Waals surface area contributed by atoms with Crippen LogP contribution in [0.1, 0.15) is 13.8 Å². The summed E-state index contributed by atoms with van der Waals surface area (Å²) in [6.45, 7) is 1.99. The Labute approximate surface area is 58.8 Å². The maximum atomic E-state index is 4.87. The Morgan fingerprint density at radius 1 is 1.33 bits per heavy atom. The largest absolute Gasteiger partial charge is 0.385 e. The molecule has 0 spiro atoms. The first-order chi connectivity index (χ1) is 3.77. The normalized spacial score (nSPS) is 9.33. The molecule has 2 heteroatoms. The van der Waals surface area contributed by atoms with Gasteiger partial charge in [-0.25, -0.2) is 0 Å². The number of methoxy groups -OCH3 is 1. The number of rotatable bonds is 4. The van der Waals surface area contributed by atoms with Gasteiger partial charge in [0.1, 0.15) is 0 Å². The number of nitrogens with zero attached hydrogens (tertiary/aromatic N) is 1. The lowest BCUT2D eigenvalue weighted by atomic mass is 10.4. The van der Waals surface area contributed by atoms with Gasteiger partial charge >= 0.3 is 0 Å². The molecule has 2 nitrogen and oxygen atoms in total. The summed E-state index contributed by atoms with van der Waals surface area (Å²) in [5.74, 6) is 0. The van der Waals surface area contributed by atoms with Gasteiger partial charge in [-0.2, -0.15) is 0 Å². The topological polar surface area (TPSA) is 12.5 Å². The molecule has 0 saturated carbocycles. The van der Waals surface area contributed by atoms with Crippen molar-refractivity contribution in [2.75, 3.05) is 34.4 Å². The van der Waals surface area contributed by atoms with E-state index >= 15 is 0 Å². The maximum absolute atomic E-state index is 4.87. The van der Waals surface area contributed by atoms with Gasteiger partial charge < -0.3 is 9.64 Å². The molecule has 0 aromatic rings. The third kappa shape index (κ3) is 11.5. The van der Waals surface area contributed by atoms with E-state index in [1.54, 1.807) is 7.11 Å². The van der Waals surface area contributed by atoms with Gasteiger partial charge in [0.05, 0.1) is 0 Å². The second kappa shape index (κ2) is 7.92. The zero-order valence-electron chi connectivity index (χ0n) is 5.98. The van der Waals surface area contributed by atoms with Gasteiger partial charge in [0, 0.05) is 13.7 Å². The Balaban J connectivity index is 0. The van der Waals surface area contributed by atoms with E-state index in [1.165, 1.54) is 0 Å². The van der Waals surface area contributed by atoms with Crippen molar-refractivity contribution in [2.24, 2.45) is 0 Å². The summed E-state index contributed by atoms with van der Waals surface area (Å²) < 4.78 is 4.87. The van der Waals surface area contributed by atoms with E-state index in [0.29, 0.717) is 0 Å². The summed E-state index contributed by atoms with van der Waals surface area (Å²) in [6.07, 6.45) is 1.13. The summed E-state index contributed by atoms with van der Waals surface area (Å²) in [6, 6.07) is 0. The molecule has 0 fully saturated rings. The average Bonchev–Trinajstić information content (AvgIpc) is 1.66. The molecule has 0 aliphatic rings. The molecule has 0 saturated heterocycles. The van der Waals surface area contributed by atoms with Gasteiger partial charge in [0.2, 0.25) is 0 Å². The summed E-state index contributed by atoms with van der Waals surface area (Å²) in [5, 5.41) is 0. The molecule has 0 bridgehead atoms. The highest BCUT2D eigenvalue weighted by molar-refractivity contribution is 4.40. The Morgan fingerprint density at radius 2 is 1.89 bits per heavy atom. The monoisotopic (exact) mass is 133 g/mol. The van der Waals surface area contributed by atoms with Crippen LogP contribution in [0.3, 0.4) is 0 Å². The first kappa shape index (κ1) is 11.7. The number of hydrogen-bond donors (Lipinski definition) is 0. The molecule has 58 valence electrons. The predicted molar refractivity (Wildman–Crippen MR) is 41.8 cm³/mol. The van der Waals surface area contributed by atoms with E-state index in [9.17, 15) is 0 Å². The second-order valence-electron chi connectivity index (χ2n) is 2.15. The SMILES string of the molecule is C.COCCCN(C)C. The average molecular weight is 133 g/mol. The maximum Gasteiger partial charge on any atom is 0.0474 e. The van der Waals surface area contributed by atoms with Crippen molar-refractivity contribution < 1.29 is 4.74 Å². The number of hydrogen-bond acceptors (Lipinski definition) is 2. The molecule has 0 N–H and O–H groups in total. The second-order valence-corrected chi connectivity index (χ2v) is 2.15. The lowest BCUT2D eigenvalue weighted by Crippen LogP contribution is -2.14. The van der Waals surface area contributed by atoms with Gasteiger partial charge in [-0.3, -0.25) is 0 Å². The van der Waals surface area contributed by atoms with E-state index in [2.05, 4.69) is 19.0 Å². The van der Waals surface area contributed by atoms with E-state index in [0.717, 1.165) is 19.6 Å². The van der Waals surface area contributed by atoms with Crippen molar-refractivity contribution in [1.29, 1.82) is 0 Å². The smallest absolute Gasteiger partial charge is 0.0474 e. The lowest BCUT2D eigenvalue weighted by Gasteiger charge is -2.07. The van der Waals surface area contributed by atoms with Gasteiger partial charge in [-0.05, 0) is 27.1 Å². The first-order valence-corrected chi connectivity index (χ1v) is 2.91. The van der Waals surface area contributed by atoms with Crippen LogP contribution in [-0.4, -0.2) is 39.3 Å². The van der Waals surface area contributed by atoms with Crippen molar-refractivity contribution in [3.8, 4) is 0 Å². The fourth-order valence-corrected chi connectivity index (χ4v) is 0.525. The van der Waals surface area contributed by atoms with Gasteiger partial charge in [0.25, 0.3) is 0 Å². The summed E-state index contributed by atoms with van der Waals surface area (Å²) in [4.78, 5) is 2.15. The molecule has 0 aromatic carbocycles. The molecule has 0 aliphatic carbocycles. The minimum Gasteiger partial charge on any atom is -0.385 e. The predicted octanol–water partition coefficient (Wildman–Crippen LogP) is 1.22. The minimum atomic E-state index is 0. The Kier molecular flexibility index (Phi) is 10.3. The van der Waals surface area contributed by atoms with Crippen LogP contribution >= 0.6 is 0 Å². The highest BCUT2D eigenvalue weighted by atomic mass is 16.5. The van der Waals surface area contributed by atoms with Crippen LogP contribution in [0.25, 0.3) is 0 Å². The van der Waals surface area contributed by atoms with E-state index in [-0.39, 0.29) is 7.43 Å². The molecule has 0 aliphatic heterocycles. The van der Waals surface area contributed by atoms with Crippen LogP contribution in [-0.2, 0) is 4.74 Å². The quantitative estimate of drug-likeness (QED) is 0.535. The highest BCUT2D eigenvalue weighted by Crippen LogP contribution is 1.81. The van der Waals surface area contributed by atoms with E-state index in [4.69, 9.17) is 4.74 Å². The molecule has 0 unspecified atom stereocenters. The molecular weight excluding hydrogens is 114 g/mol. The van der Waals surface area contributed by atoms with E-state index < -0.39 is 0 Å². The zero-order valence-corrected chi connectivity index (χ0v) is 5.98. The van der Waals surface area contributed by atoms with Gasteiger partial charge in [0.15, 0.2) is 0 Å². The van der Waals surface area contributed by atoms with Crippen molar-refractivity contribution in [2.45, 2.75) is 13.8 Å². The summed E-state index contributed by atoms with van der Waals surface area (Å²) in [7, 11) is 5.86. The number of ether oxygens (including phenoxy) is 1. The Bertz CT molecular complexity index is 46.2. The molecule has 0 heterocycles. The summed E-state index contributed by atoms with van der Waals surface area (Å²) in [5.41, 5.74) is 0. The van der Waals surface area contributed by atoms with Crippen molar-refractivity contribution in [3.63, 3.8) is 0 Å². The van der Waals surface area contributed by atoms with E-state index in [1.807, 2.05) is 0 Å². The molecule has 0 atom stereocenters. The minimum absolute atomic E-state index is 0. The van der Waals surface area contributed by atoms with Crippen LogP contribution < -0.4 is 0 Å². The zero-order chi connectivity index (χ0) is 6.41. The third-order valence-electron chi connectivity index (χ3n) is 0.954. The van der Waals surface area contributed by atoms with Crippen LogP contribution in [0.15, 0.2) is 0 Å². The van der Waals surface area contributed by atoms with Crippen LogP contribution in [0.5, 0.6) is 0 Å². The van der Waals surface area contributed by atoms with Crippen LogP contribution in [0.4, 0.5) is 0 Å². The fraction of sp³-hybridized carbons (Fsp3) is 1.00. The van der Waals surface area contributed by atoms with Crippen molar-refractivity contribution in [3.05, 3.63) is 0 Å². The lowest BCUT2D eigenvalue weighted by molar-refractivity contribution is 0.184. The summed E-state index contributed by atoms with van der Waals surface area (Å²) >= 11 is 0. The molecule has 0 radical (unpaired) electrons. The molecule has 0 amide bonds. The Morgan fingerprint density at radius 3 is 2.22 bits per heavy atom. The Hall–Kier alpha value is -0.0800. The standard InChI is InChI=1S/C6H15NO.CH4/c1-7(2)5-4-6-8-3;/h4-6H2,1-3H3;1H4. The molecular formula is C7H19NO. The first-order valence-electron chi connectivity index (χ1n) is 2.91. The third-order valence-corrected chi connectivity index (χ3v) is 0.954.